The second-order valence-electron chi connectivity index (χ2n) is 12.0. The van der Waals surface area contributed by atoms with Crippen LogP contribution in [-0.4, -0.2) is 55.9 Å². The minimum Gasteiger partial charge on any atom is -0.371 e. The summed E-state index contributed by atoms with van der Waals surface area (Å²) in [5.74, 6) is 0.303. The number of nitrogens with zero attached hydrogens (tertiary/aromatic N) is 4. The second kappa shape index (κ2) is 9.06. The molecule has 1 atom stereocenters. The van der Waals surface area contributed by atoms with Crippen LogP contribution in [0.15, 0.2) is 42.5 Å². The Morgan fingerprint density at radius 1 is 1.00 bits per heavy atom. The third-order valence-corrected chi connectivity index (χ3v) is 9.71. The number of nitriles is 1. The summed E-state index contributed by atoms with van der Waals surface area (Å²) in [7, 11) is 0. The molecule has 3 aliphatic heterocycles. The predicted molar refractivity (Wildman–Crippen MR) is 145 cm³/mol. The maximum absolute atomic E-state index is 12.9. The first-order chi connectivity index (χ1) is 17.8. The number of likely N-dealkylation sites (tertiary alicyclic amines) is 1. The zero-order valence-electron chi connectivity index (χ0n) is 21.3. The summed E-state index contributed by atoms with van der Waals surface area (Å²) in [6.45, 7) is 6.90. The predicted octanol–water partition coefficient (Wildman–Crippen LogP) is 5.15. The molecule has 0 aromatic heterocycles. The summed E-state index contributed by atoms with van der Waals surface area (Å²) in [5, 5.41) is 9.71. The van der Waals surface area contributed by atoms with E-state index in [0.29, 0.717) is 22.0 Å². The van der Waals surface area contributed by atoms with Crippen LogP contribution in [0.2, 0.25) is 5.02 Å². The molecule has 1 saturated carbocycles. The zero-order valence-corrected chi connectivity index (χ0v) is 22.1. The molecule has 3 saturated heterocycles. The van der Waals surface area contributed by atoms with Gasteiger partial charge in [0, 0.05) is 67.0 Å². The van der Waals surface area contributed by atoms with Crippen LogP contribution in [-0.2, 0) is 4.79 Å². The van der Waals surface area contributed by atoms with Crippen molar-refractivity contribution in [3.8, 4) is 6.07 Å². The van der Waals surface area contributed by atoms with Crippen LogP contribution in [0.25, 0.3) is 0 Å². The van der Waals surface area contributed by atoms with Crippen molar-refractivity contribution in [2.24, 2.45) is 16.7 Å². The van der Waals surface area contributed by atoms with Gasteiger partial charge in [0.2, 0.25) is 0 Å². The number of rotatable bonds is 4. The number of carbonyl (C=O) groups excluding carboxylic acids is 2. The molecule has 0 N–H and O–H groups in total. The molecule has 4 aliphatic rings. The molecule has 2 spiro atoms. The topological polar surface area (TPSA) is 67.7 Å². The van der Waals surface area contributed by atoms with E-state index in [1.54, 1.807) is 0 Å². The molecule has 1 aliphatic carbocycles. The molecule has 4 fully saturated rings. The van der Waals surface area contributed by atoms with Crippen molar-refractivity contribution in [1.82, 2.24) is 4.90 Å². The molecule has 6 nitrogen and oxygen atoms in total. The van der Waals surface area contributed by atoms with Gasteiger partial charge in [-0.25, -0.2) is 0 Å². The number of hydrogen-bond donors (Lipinski definition) is 0. The fraction of sp³-hybridized carbons (Fsp3) is 0.500. The van der Waals surface area contributed by atoms with Gasteiger partial charge in [0.25, 0.3) is 5.91 Å². The Labute approximate surface area is 223 Å². The molecule has 0 bridgehead atoms. The van der Waals surface area contributed by atoms with Gasteiger partial charge in [0.15, 0.2) is 0 Å². The largest absolute Gasteiger partial charge is 0.371 e. The molecular weight excluding hydrogens is 484 g/mol. The van der Waals surface area contributed by atoms with E-state index >= 15 is 0 Å². The fourth-order valence-electron chi connectivity index (χ4n) is 7.35. The van der Waals surface area contributed by atoms with Gasteiger partial charge in [0.1, 0.15) is 12.4 Å². The molecule has 0 unspecified atom stereocenters. The first-order valence-corrected chi connectivity index (χ1v) is 13.8. The zero-order chi connectivity index (χ0) is 25.8. The molecule has 7 heteroatoms. The van der Waals surface area contributed by atoms with E-state index in [0.717, 1.165) is 82.4 Å². The summed E-state index contributed by atoms with van der Waals surface area (Å²) in [5.41, 5.74) is 4.06. The van der Waals surface area contributed by atoms with Crippen LogP contribution in [0.5, 0.6) is 0 Å². The van der Waals surface area contributed by atoms with Gasteiger partial charge in [-0.2, -0.15) is 5.26 Å². The van der Waals surface area contributed by atoms with Gasteiger partial charge < -0.3 is 19.5 Å². The van der Waals surface area contributed by atoms with Crippen LogP contribution >= 0.6 is 11.6 Å². The van der Waals surface area contributed by atoms with Crippen molar-refractivity contribution in [2.45, 2.75) is 45.1 Å². The standard InChI is InChI=1S/C30H33ClN4O2/c1-21-13-29(20-35(21)26-7-4-24(16-32)27(31)12-26)8-10-33(11-9-29)25-5-2-23(3-6-25)28(37)34-18-30(19-34)14-22(15-30)17-36/h2-7,12,17,21-22H,8-11,13-15,18-20H2,1H3/t21-/m0/s1. The molecule has 37 heavy (non-hydrogen) atoms. The SMILES string of the molecule is C[C@H]1CC2(CCN(c3ccc(C(=O)N4CC5(CC(C=O)C5)C4)cc3)CC2)CN1c1ccc(C#N)c(Cl)c1. The number of anilines is 2. The Hall–Kier alpha value is -3.04. The van der Waals surface area contributed by atoms with Gasteiger partial charge >= 0.3 is 0 Å². The van der Waals surface area contributed by atoms with Crippen molar-refractivity contribution in [3.63, 3.8) is 0 Å². The second-order valence-corrected chi connectivity index (χ2v) is 12.4. The van der Waals surface area contributed by atoms with Gasteiger partial charge in [-0.3, -0.25) is 4.79 Å². The van der Waals surface area contributed by atoms with E-state index in [9.17, 15) is 14.9 Å². The van der Waals surface area contributed by atoms with Gasteiger partial charge in [-0.1, -0.05) is 11.6 Å². The lowest BCUT2D eigenvalue weighted by Crippen LogP contribution is -2.63. The van der Waals surface area contributed by atoms with Crippen LogP contribution in [0.4, 0.5) is 11.4 Å². The third-order valence-electron chi connectivity index (χ3n) is 9.40. The Bertz CT molecular complexity index is 1250. The van der Waals surface area contributed by atoms with Crippen LogP contribution in [0, 0.1) is 28.1 Å². The van der Waals surface area contributed by atoms with E-state index < -0.39 is 0 Å². The normalized spacial score (nSPS) is 24.0. The molecule has 2 aromatic rings. The Morgan fingerprint density at radius 3 is 2.30 bits per heavy atom. The summed E-state index contributed by atoms with van der Waals surface area (Å²) >= 11 is 6.32. The van der Waals surface area contributed by atoms with E-state index in [4.69, 9.17) is 11.6 Å². The van der Waals surface area contributed by atoms with E-state index in [-0.39, 0.29) is 17.2 Å². The average Bonchev–Trinajstić information content (AvgIpc) is 3.18. The van der Waals surface area contributed by atoms with Crippen molar-refractivity contribution >= 4 is 35.2 Å². The summed E-state index contributed by atoms with van der Waals surface area (Å²) < 4.78 is 0. The number of amides is 1. The highest BCUT2D eigenvalue weighted by molar-refractivity contribution is 6.32. The average molecular weight is 517 g/mol. The third kappa shape index (κ3) is 4.28. The smallest absolute Gasteiger partial charge is 0.253 e. The number of benzene rings is 2. The molecule has 1 amide bonds. The van der Waals surface area contributed by atoms with Crippen molar-refractivity contribution < 1.29 is 9.59 Å². The lowest BCUT2D eigenvalue weighted by atomic mass is 9.58. The Kier molecular flexibility index (Phi) is 5.95. The van der Waals surface area contributed by atoms with Crippen molar-refractivity contribution in [1.29, 1.82) is 5.26 Å². The molecule has 2 aromatic carbocycles. The Morgan fingerprint density at radius 2 is 1.68 bits per heavy atom. The maximum Gasteiger partial charge on any atom is 0.253 e. The highest BCUT2D eigenvalue weighted by atomic mass is 35.5. The monoisotopic (exact) mass is 516 g/mol. The van der Waals surface area contributed by atoms with Crippen LogP contribution in [0.1, 0.15) is 54.9 Å². The number of hydrogen-bond acceptors (Lipinski definition) is 5. The highest BCUT2D eigenvalue weighted by Gasteiger charge is 2.53. The van der Waals surface area contributed by atoms with Gasteiger partial charge in [-0.05, 0) is 86.9 Å². The molecule has 192 valence electrons. The summed E-state index contributed by atoms with van der Waals surface area (Å²) in [6.07, 6.45) is 6.37. The lowest BCUT2D eigenvalue weighted by Gasteiger charge is -2.58. The van der Waals surface area contributed by atoms with Crippen LogP contribution in [0.3, 0.4) is 0 Å². The van der Waals surface area contributed by atoms with Crippen LogP contribution < -0.4 is 9.80 Å². The highest BCUT2D eigenvalue weighted by Crippen LogP contribution is 2.51. The lowest BCUT2D eigenvalue weighted by molar-refractivity contribution is -0.126. The molecule has 0 radical (unpaired) electrons. The first-order valence-electron chi connectivity index (χ1n) is 13.4. The fourth-order valence-corrected chi connectivity index (χ4v) is 7.57. The maximum atomic E-state index is 12.9. The van der Waals surface area contributed by atoms with Crippen molar-refractivity contribution in [2.75, 3.05) is 42.5 Å². The summed E-state index contributed by atoms with van der Waals surface area (Å²) in [6, 6.07) is 16.5. The van der Waals surface area contributed by atoms with Crippen molar-refractivity contribution in [3.05, 3.63) is 58.6 Å². The molecule has 6 rings (SSSR count). The number of halogens is 1. The molecular formula is C30H33ClN4O2. The first kappa shape index (κ1) is 24.3. The molecule has 3 heterocycles. The van der Waals surface area contributed by atoms with E-state index in [1.165, 1.54) is 5.69 Å². The van der Waals surface area contributed by atoms with Gasteiger partial charge in [0.05, 0.1) is 10.6 Å². The number of carbonyl (C=O) groups is 2. The van der Waals surface area contributed by atoms with E-state index in [1.807, 2.05) is 35.2 Å². The Balaban J connectivity index is 1.04. The number of piperidine rings is 1. The number of aldehydes is 1. The summed E-state index contributed by atoms with van der Waals surface area (Å²) in [4.78, 5) is 30.6. The van der Waals surface area contributed by atoms with E-state index in [2.05, 4.69) is 34.9 Å². The minimum absolute atomic E-state index is 0.104. The quantitative estimate of drug-likeness (QED) is 0.526. The van der Waals surface area contributed by atoms with Gasteiger partial charge in [-0.15, -0.1) is 0 Å². The minimum atomic E-state index is 0.104.